The molecular formula is C14H18N2O3. The molecule has 0 heterocycles. The summed E-state index contributed by atoms with van der Waals surface area (Å²) >= 11 is 0. The third-order valence-corrected chi connectivity index (χ3v) is 2.70. The van der Waals surface area contributed by atoms with Gasteiger partial charge >= 0.3 is 5.97 Å². The number of carboxylic acid groups (broad SMARTS) is 1. The number of carboxylic acids is 1. The molecule has 0 aliphatic carbocycles. The van der Waals surface area contributed by atoms with Crippen molar-refractivity contribution in [2.24, 2.45) is 5.92 Å². The van der Waals surface area contributed by atoms with E-state index in [1.807, 2.05) is 6.07 Å². The molecule has 0 aliphatic rings. The summed E-state index contributed by atoms with van der Waals surface area (Å²) in [5.74, 6) is -1.77. The van der Waals surface area contributed by atoms with Crippen LogP contribution in [0, 0.1) is 5.92 Å². The van der Waals surface area contributed by atoms with Crippen LogP contribution in [0.25, 0.3) is 6.08 Å². The van der Waals surface area contributed by atoms with Crippen molar-refractivity contribution in [3.8, 4) is 0 Å². The molecular weight excluding hydrogens is 244 g/mol. The molecule has 0 spiro atoms. The van der Waals surface area contributed by atoms with E-state index < -0.39 is 11.9 Å². The van der Waals surface area contributed by atoms with Gasteiger partial charge in [-0.2, -0.15) is 0 Å². The summed E-state index contributed by atoms with van der Waals surface area (Å²) < 4.78 is 0. The van der Waals surface area contributed by atoms with Gasteiger partial charge in [-0.15, -0.1) is 0 Å². The fourth-order valence-electron chi connectivity index (χ4n) is 1.52. The Hall–Kier alpha value is -2.30. The van der Waals surface area contributed by atoms with Gasteiger partial charge in [-0.1, -0.05) is 19.1 Å². The Morgan fingerprint density at radius 2 is 2.21 bits per heavy atom. The number of anilines is 1. The second-order valence-corrected chi connectivity index (χ2v) is 4.19. The Labute approximate surface area is 112 Å². The van der Waals surface area contributed by atoms with Gasteiger partial charge in [-0.25, -0.2) is 0 Å². The van der Waals surface area contributed by atoms with Gasteiger partial charge < -0.3 is 16.2 Å². The molecule has 0 fully saturated rings. The van der Waals surface area contributed by atoms with E-state index in [0.29, 0.717) is 12.1 Å². The highest BCUT2D eigenvalue weighted by Crippen LogP contribution is 2.08. The van der Waals surface area contributed by atoms with E-state index in [1.54, 1.807) is 31.2 Å². The molecule has 4 N–H and O–H groups in total. The fourth-order valence-corrected chi connectivity index (χ4v) is 1.52. The molecule has 1 atom stereocenters. The lowest BCUT2D eigenvalue weighted by atomic mass is 10.1. The van der Waals surface area contributed by atoms with Gasteiger partial charge in [0.05, 0.1) is 5.92 Å². The van der Waals surface area contributed by atoms with E-state index in [0.717, 1.165) is 5.56 Å². The van der Waals surface area contributed by atoms with Crippen LogP contribution in [-0.4, -0.2) is 23.5 Å². The minimum atomic E-state index is -0.900. The lowest BCUT2D eigenvalue weighted by molar-refractivity contribution is -0.141. The molecule has 1 aromatic rings. The molecule has 5 nitrogen and oxygen atoms in total. The summed E-state index contributed by atoms with van der Waals surface area (Å²) in [5.41, 5.74) is 7.06. The number of carbonyl (C=O) groups excluding carboxylic acids is 1. The average molecular weight is 262 g/mol. The van der Waals surface area contributed by atoms with E-state index in [4.69, 9.17) is 10.8 Å². The Kier molecular flexibility index (Phi) is 5.60. The predicted molar refractivity (Wildman–Crippen MR) is 74.3 cm³/mol. The number of aliphatic carboxylic acids is 1. The lowest BCUT2D eigenvalue weighted by Gasteiger charge is -2.09. The maximum absolute atomic E-state index is 11.5. The summed E-state index contributed by atoms with van der Waals surface area (Å²) in [7, 11) is 0. The molecule has 0 saturated carbocycles. The van der Waals surface area contributed by atoms with Crippen molar-refractivity contribution in [3.05, 3.63) is 35.9 Å². The largest absolute Gasteiger partial charge is 0.481 e. The predicted octanol–water partition coefficient (Wildman–Crippen LogP) is 1.51. The van der Waals surface area contributed by atoms with E-state index in [1.165, 1.54) is 6.08 Å². The summed E-state index contributed by atoms with van der Waals surface area (Å²) in [6.07, 6.45) is 3.48. The highest BCUT2D eigenvalue weighted by molar-refractivity contribution is 5.92. The van der Waals surface area contributed by atoms with Crippen LogP contribution in [-0.2, 0) is 9.59 Å². The molecule has 102 valence electrons. The van der Waals surface area contributed by atoms with E-state index >= 15 is 0 Å². The Balaban J connectivity index is 2.49. The van der Waals surface area contributed by atoms with Crippen molar-refractivity contribution < 1.29 is 14.7 Å². The van der Waals surface area contributed by atoms with Crippen LogP contribution in [0.5, 0.6) is 0 Å². The second kappa shape index (κ2) is 7.20. The third-order valence-electron chi connectivity index (χ3n) is 2.70. The Morgan fingerprint density at radius 3 is 2.79 bits per heavy atom. The lowest BCUT2D eigenvalue weighted by Crippen LogP contribution is -2.31. The number of nitrogen functional groups attached to an aromatic ring is 1. The average Bonchev–Trinajstić information content (AvgIpc) is 2.37. The Morgan fingerprint density at radius 1 is 1.47 bits per heavy atom. The molecule has 0 aliphatic heterocycles. The van der Waals surface area contributed by atoms with Gasteiger partial charge in [-0.3, -0.25) is 9.59 Å². The molecule has 0 saturated heterocycles. The van der Waals surface area contributed by atoms with Gasteiger partial charge in [0.2, 0.25) is 5.91 Å². The maximum Gasteiger partial charge on any atom is 0.308 e. The topological polar surface area (TPSA) is 92.4 Å². The SMILES string of the molecule is CCC(CNC(=O)/C=C/c1cccc(N)c1)C(=O)O. The number of amides is 1. The highest BCUT2D eigenvalue weighted by Gasteiger charge is 2.14. The van der Waals surface area contributed by atoms with Crippen LogP contribution >= 0.6 is 0 Å². The first-order chi connectivity index (χ1) is 9.02. The summed E-state index contributed by atoms with van der Waals surface area (Å²) in [5, 5.41) is 11.4. The zero-order valence-corrected chi connectivity index (χ0v) is 10.8. The van der Waals surface area contributed by atoms with E-state index in [-0.39, 0.29) is 12.5 Å². The first kappa shape index (κ1) is 14.8. The van der Waals surface area contributed by atoms with Gasteiger partial charge in [-0.05, 0) is 30.2 Å². The number of hydrogen-bond acceptors (Lipinski definition) is 3. The van der Waals surface area contributed by atoms with Crippen LogP contribution in [0.2, 0.25) is 0 Å². The van der Waals surface area contributed by atoms with Crippen LogP contribution in [0.1, 0.15) is 18.9 Å². The second-order valence-electron chi connectivity index (χ2n) is 4.19. The molecule has 1 unspecified atom stereocenters. The fraction of sp³-hybridized carbons (Fsp3) is 0.286. The molecule has 19 heavy (non-hydrogen) atoms. The summed E-state index contributed by atoms with van der Waals surface area (Å²) in [6.45, 7) is 1.90. The van der Waals surface area contributed by atoms with Crippen molar-refractivity contribution in [1.82, 2.24) is 5.32 Å². The number of rotatable bonds is 6. The van der Waals surface area contributed by atoms with Gasteiger partial charge in [0.1, 0.15) is 0 Å². The molecule has 0 aromatic heterocycles. The zero-order valence-electron chi connectivity index (χ0n) is 10.8. The first-order valence-corrected chi connectivity index (χ1v) is 6.07. The standard InChI is InChI=1S/C14H18N2O3/c1-2-11(14(18)19)9-16-13(17)7-6-10-4-3-5-12(15)8-10/h3-8,11H,2,9,15H2,1H3,(H,16,17)(H,18,19)/b7-6+. The maximum atomic E-state index is 11.5. The normalized spacial score (nSPS) is 12.3. The van der Waals surface area contributed by atoms with Crippen molar-refractivity contribution in [2.45, 2.75) is 13.3 Å². The van der Waals surface area contributed by atoms with Crippen molar-refractivity contribution in [1.29, 1.82) is 0 Å². The van der Waals surface area contributed by atoms with E-state index in [2.05, 4.69) is 5.32 Å². The first-order valence-electron chi connectivity index (χ1n) is 6.07. The molecule has 1 amide bonds. The minimum absolute atomic E-state index is 0.131. The van der Waals surface area contributed by atoms with Crippen LogP contribution in [0.3, 0.4) is 0 Å². The van der Waals surface area contributed by atoms with Crippen molar-refractivity contribution >= 4 is 23.6 Å². The van der Waals surface area contributed by atoms with E-state index in [9.17, 15) is 9.59 Å². The quantitative estimate of drug-likeness (QED) is 0.535. The minimum Gasteiger partial charge on any atom is -0.481 e. The third kappa shape index (κ3) is 5.25. The van der Waals surface area contributed by atoms with Gasteiger partial charge in [0.15, 0.2) is 0 Å². The summed E-state index contributed by atoms with van der Waals surface area (Å²) in [6, 6.07) is 7.13. The van der Waals surface area contributed by atoms with Crippen molar-refractivity contribution in [2.75, 3.05) is 12.3 Å². The van der Waals surface area contributed by atoms with Gasteiger partial charge in [0, 0.05) is 18.3 Å². The van der Waals surface area contributed by atoms with Gasteiger partial charge in [0.25, 0.3) is 0 Å². The number of nitrogens with two attached hydrogens (primary N) is 1. The summed E-state index contributed by atoms with van der Waals surface area (Å²) in [4.78, 5) is 22.3. The molecule has 0 radical (unpaired) electrons. The zero-order chi connectivity index (χ0) is 14.3. The molecule has 1 rings (SSSR count). The Bertz CT molecular complexity index is 483. The number of benzene rings is 1. The number of hydrogen-bond donors (Lipinski definition) is 3. The smallest absolute Gasteiger partial charge is 0.308 e. The monoisotopic (exact) mass is 262 g/mol. The molecule has 5 heteroatoms. The number of carbonyl (C=O) groups is 2. The van der Waals surface area contributed by atoms with Crippen LogP contribution in [0.4, 0.5) is 5.69 Å². The molecule has 1 aromatic carbocycles. The van der Waals surface area contributed by atoms with Crippen LogP contribution in [0.15, 0.2) is 30.3 Å². The highest BCUT2D eigenvalue weighted by atomic mass is 16.4. The number of nitrogens with one attached hydrogen (secondary N) is 1. The van der Waals surface area contributed by atoms with Crippen LogP contribution < -0.4 is 11.1 Å². The molecule has 0 bridgehead atoms. The van der Waals surface area contributed by atoms with Crippen molar-refractivity contribution in [3.63, 3.8) is 0 Å².